The average Bonchev–Trinajstić information content (AvgIpc) is 3.04. The molecule has 0 nitrogen and oxygen atoms in total. The Morgan fingerprint density at radius 1 is 0.225 bits per heavy atom. The molecule has 0 radical (unpaired) electrons. The summed E-state index contributed by atoms with van der Waals surface area (Å²) in [5, 5.41) is 10.3. The number of rotatable bonds is 3. The van der Waals surface area contributed by atoms with Gasteiger partial charge < -0.3 is 0 Å². The molecule has 0 atom stereocenters. The van der Waals surface area contributed by atoms with Gasteiger partial charge in [-0.1, -0.05) is 146 Å². The number of hydrogen-bond donors (Lipinski definition) is 0. The second kappa shape index (κ2) is 9.22. The predicted octanol–water partition coefficient (Wildman–Crippen LogP) is 11.3. The van der Waals surface area contributed by atoms with Crippen LogP contribution in [-0.2, 0) is 0 Å². The van der Waals surface area contributed by atoms with E-state index >= 15 is 0 Å². The standard InChI is InChI=1S/C40H26/c1-2-10-30-25-32(22-17-27(30)9-1)35-24-23-34(37-14-5-6-15-38(35)37)28-18-20-29(21-19-28)40-26-31-11-3-4-12-33(31)36-13-7-8-16-39(36)40/h1-26H. The molecule has 8 rings (SSSR count). The van der Waals surface area contributed by atoms with Crippen molar-refractivity contribution in [2.45, 2.75) is 0 Å². The van der Waals surface area contributed by atoms with E-state index in [2.05, 4.69) is 158 Å². The quantitative estimate of drug-likeness (QED) is 0.209. The van der Waals surface area contributed by atoms with Crippen LogP contribution in [0.1, 0.15) is 0 Å². The van der Waals surface area contributed by atoms with Crippen molar-refractivity contribution >= 4 is 43.1 Å². The third-order valence-electron chi connectivity index (χ3n) is 8.26. The molecule has 0 heterocycles. The highest BCUT2D eigenvalue weighted by atomic mass is 14.2. The van der Waals surface area contributed by atoms with Crippen molar-refractivity contribution in [3.05, 3.63) is 158 Å². The van der Waals surface area contributed by atoms with E-state index in [0.29, 0.717) is 0 Å². The molecule has 0 aliphatic rings. The Hall–Kier alpha value is -5.20. The molecule has 0 saturated carbocycles. The van der Waals surface area contributed by atoms with Crippen molar-refractivity contribution in [2.75, 3.05) is 0 Å². The molecular weight excluding hydrogens is 480 g/mol. The van der Waals surface area contributed by atoms with E-state index in [-0.39, 0.29) is 0 Å². The van der Waals surface area contributed by atoms with E-state index in [9.17, 15) is 0 Å². The Balaban J connectivity index is 1.24. The van der Waals surface area contributed by atoms with Gasteiger partial charge in [-0.15, -0.1) is 0 Å². The lowest BCUT2D eigenvalue weighted by Crippen LogP contribution is -1.88. The lowest BCUT2D eigenvalue weighted by Gasteiger charge is -2.14. The summed E-state index contributed by atoms with van der Waals surface area (Å²) in [7, 11) is 0. The maximum Gasteiger partial charge on any atom is -0.00990 e. The fourth-order valence-corrected chi connectivity index (χ4v) is 6.28. The zero-order chi connectivity index (χ0) is 26.5. The summed E-state index contributed by atoms with van der Waals surface area (Å²) in [6.45, 7) is 0. The minimum atomic E-state index is 1.23. The van der Waals surface area contributed by atoms with E-state index in [0.717, 1.165) is 0 Å². The van der Waals surface area contributed by atoms with Crippen molar-refractivity contribution in [1.29, 1.82) is 0 Å². The number of fused-ring (bicyclic) bond motifs is 5. The molecule has 0 fully saturated rings. The Kier molecular flexibility index (Phi) is 5.24. The second-order valence-electron chi connectivity index (χ2n) is 10.5. The minimum Gasteiger partial charge on any atom is -0.0616 e. The average molecular weight is 507 g/mol. The van der Waals surface area contributed by atoms with Crippen LogP contribution in [0.15, 0.2) is 158 Å². The molecule has 0 amide bonds. The molecule has 0 aromatic heterocycles. The van der Waals surface area contributed by atoms with E-state index in [4.69, 9.17) is 0 Å². The van der Waals surface area contributed by atoms with E-state index in [1.807, 2.05) is 0 Å². The van der Waals surface area contributed by atoms with Gasteiger partial charge in [-0.05, 0) is 88.6 Å². The highest BCUT2D eigenvalue weighted by Crippen LogP contribution is 2.39. The van der Waals surface area contributed by atoms with Crippen LogP contribution >= 0.6 is 0 Å². The highest BCUT2D eigenvalue weighted by Gasteiger charge is 2.12. The molecular formula is C40H26. The predicted molar refractivity (Wildman–Crippen MR) is 173 cm³/mol. The Labute approximate surface area is 233 Å². The molecule has 0 aliphatic carbocycles. The SMILES string of the molecule is c1ccc2cc(-c3ccc(-c4ccc(-c5cc6ccccc6c6ccccc56)cc4)c4ccccc34)ccc2c1. The van der Waals surface area contributed by atoms with Crippen LogP contribution < -0.4 is 0 Å². The third-order valence-corrected chi connectivity index (χ3v) is 8.26. The summed E-state index contributed by atoms with van der Waals surface area (Å²) in [6.07, 6.45) is 0. The van der Waals surface area contributed by atoms with E-state index < -0.39 is 0 Å². The lowest BCUT2D eigenvalue weighted by molar-refractivity contribution is 1.62. The van der Waals surface area contributed by atoms with Crippen molar-refractivity contribution in [3.8, 4) is 33.4 Å². The van der Waals surface area contributed by atoms with Crippen molar-refractivity contribution in [1.82, 2.24) is 0 Å². The van der Waals surface area contributed by atoms with Gasteiger partial charge in [0.25, 0.3) is 0 Å². The molecule has 186 valence electrons. The fourth-order valence-electron chi connectivity index (χ4n) is 6.28. The highest BCUT2D eigenvalue weighted by molar-refractivity contribution is 6.14. The topological polar surface area (TPSA) is 0 Å². The van der Waals surface area contributed by atoms with Crippen LogP contribution in [0, 0.1) is 0 Å². The summed E-state index contributed by atoms with van der Waals surface area (Å²) in [5.74, 6) is 0. The first kappa shape index (κ1) is 22.8. The van der Waals surface area contributed by atoms with Gasteiger partial charge in [0.15, 0.2) is 0 Å². The summed E-state index contributed by atoms with van der Waals surface area (Å²) in [4.78, 5) is 0. The van der Waals surface area contributed by atoms with Crippen LogP contribution in [0.2, 0.25) is 0 Å². The maximum atomic E-state index is 2.33. The van der Waals surface area contributed by atoms with Gasteiger partial charge in [0.05, 0.1) is 0 Å². The fraction of sp³-hybridized carbons (Fsp3) is 0. The van der Waals surface area contributed by atoms with E-state index in [1.54, 1.807) is 0 Å². The second-order valence-corrected chi connectivity index (χ2v) is 10.5. The molecule has 8 aromatic carbocycles. The van der Waals surface area contributed by atoms with Gasteiger partial charge in [-0.3, -0.25) is 0 Å². The summed E-state index contributed by atoms with van der Waals surface area (Å²) in [6, 6.07) is 57.6. The number of hydrogen-bond acceptors (Lipinski definition) is 0. The molecule has 40 heavy (non-hydrogen) atoms. The Bertz CT molecular complexity index is 2200. The first-order chi connectivity index (χ1) is 19.8. The molecule has 0 spiro atoms. The zero-order valence-electron chi connectivity index (χ0n) is 22.0. The molecule has 0 aliphatic heterocycles. The van der Waals surface area contributed by atoms with Gasteiger partial charge in [0, 0.05) is 0 Å². The lowest BCUT2D eigenvalue weighted by atomic mass is 9.90. The largest absolute Gasteiger partial charge is 0.0616 e. The smallest absolute Gasteiger partial charge is 0.00990 e. The number of benzene rings is 8. The van der Waals surface area contributed by atoms with Gasteiger partial charge in [0.1, 0.15) is 0 Å². The molecule has 0 bridgehead atoms. The molecule has 8 aromatic rings. The normalized spacial score (nSPS) is 11.5. The minimum absolute atomic E-state index is 1.23. The summed E-state index contributed by atoms with van der Waals surface area (Å²) in [5.41, 5.74) is 7.52. The van der Waals surface area contributed by atoms with Gasteiger partial charge in [-0.25, -0.2) is 0 Å². The van der Waals surface area contributed by atoms with Crippen LogP contribution in [0.3, 0.4) is 0 Å². The summed E-state index contributed by atoms with van der Waals surface area (Å²) >= 11 is 0. The molecule has 0 saturated heterocycles. The molecule has 0 N–H and O–H groups in total. The van der Waals surface area contributed by atoms with Crippen LogP contribution in [-0.4, -0.2) is 0 Å². The molecule has 0 unspecified atom stereocenters. The van der Waals surface area contributed by atoms with Crippen LogP contribution in [0.25, 0.3) is 76.5 Å². The first-order valence-corrected chi connectivity index (χ1v) is 13.9. The summed E-state index contributed by atoms with van der Waals surface area (Å²) < 4.78 is 0. The maximum absolute atomic E-state index is 2.33. The van der Waals surface area contributed by atoms with E-state index in [1.165, 1.54) is 76.5 Å². The Morgan fingerprint density at radius 3 is 1.35 bits per heavy atom. The monoisotopic (exact) mass is 506 g/mol. The molecule has 0 heteroatoms. The third kappa shape index (κ3) is 3.69. The Morgan fingerprint density at radius 2 is 0.675 bits per heavy atom. The van der Waals surface area contributed by atoms with Crippen molar-refractivity contribution in [3.63, 3.8) is 0 Å². The first-order valence-electron chi connectivity index (χ1n) is 13.9. The van der Waals surface area contributed by atoms with Gasteiger partial charge in [0.2, 0.25) is 0 Å². The van der Waals surface area contributed by atoms with Crippen molar-refractivity contribution < 1.29 is 0 Å². The van der Waals surface area contributed by atoms with Gasteiger partial charge >= 0.3 is 0 Å². The van der Waals surface area contributed by atoms with Gasteiger partial charge in [-0.2, -0.15) is 0 Å². The zero-order valence-corrected chi connectivity index (χ0v) is 22.0. The van der Waals surface area contributed by atoms with Crippen molar-refractivity contribution in [2.24, 2.45) is 0 Å². The van der Waals surface area contributed by atoms with Crippen LogP contribution in [0.4, 0.5) is 0 Å². The van der Waals surface area contributed by atoms with Crippen LogP contribution in [0.5, 0.6) is 0 Å².